The number of rotatable bonds is 4. The molecule has 0 bridgehead atoms. The highest BCUT2D eigenvalue weighted by atomic mass is 16.5. The minimum Gasteiger partial charge on any atom is -0.462 e. The van der Waals surface area contributed by atoms with E-state index in [9.17, 15) is 9.59 Å². The number of nitrogens with two attached hydrogens (primary N) is 2. The zero-order valence-corrected chi connectivity index (χ0v) is 10.9. The Balaban J connectivity index is 2.39. The molecular formula is C13H14N4O3. The van der Waals surface area contributed by atoms with Crippen LogP contribution < -0.4 is 11.5 Å². The maximum Gasteiger partial charge on any atom is 0.341 e. The summed E-state index contributed by atoms with van der Waals surface area (Å²) in [6.07, 6.45) is 2.85. The van der Waals surface area contributed by atoms with Crippen molar-refractivity contribution in [2.75, 3.05) is 12.3 Å². The van der Waals surface area contributed by atoms with E-state index in [1.54, 1.807) is 13.0 Å². The number of ether oxygens (including phenoxy) is 1. The molecule has 0 saturated carbocycles. The number of aromatic nitrogens is 2. The molecule has 1 heterocycles. The Morgan fingerprint density at radius 1 is 1.35 bits per heavy atom. The fourth-order valence-corrected chi connectivity index (χ4v) is 1.67. The Bertz CT molecular complexity index is 663. The average molecular weight is 274 g/mol. The summed E-state index contributed by atoms with van der Waals surface area (Å²) in [7, 11) is 0. The number of amides is 1. The first-order chi connectivity index (χ1) is 9.52. The molecule has 1 aromatic heterocycles. The van der Waals surface area contributed by atoms with Crippen molar-refractivity contribution < 1.29 is 14.3 Å². The predicted molar refractivity (Wildman–Crippen MR) is 72.5 cm³/mol. The second-order valence-electron chi connectivity index (χ2n) is 4.03. The molecule has 20 heavy (non-hydrogen) atoms. The van der Waals surface area contributed by atoms with E-state index in [0.717, 1.165) is 0 Å². The first-order valence-corrected chi connectivity index (χ1v) is 5.94. The maximum absolute atomic E-state index is 11.6. The molecule has 0 atom stereocenters. The molecule has 1 amide bonds. The first kappa shape index (κ1) is 13.6. The van der Waals surface area contributed by atoms with Gasteiger partial charge in [-0.3, -0.25) is 4.79 Å². The summed E-state index contributed by atoms with van der Waals surface area (Å²) in [5.41, 5.74) is 12.5. The highest BCUT2D eigenvalue weighted by Gasteiger charge is 2.12. The third-order valence-corrected chi connectivity index (χ3v) is 2.66. The van der Waals surface area contributed by atoms with Gasteiger partial charge in [0.05, 0.1) is 29.7 Å². The van der Waals surface area contributed by atoms with E-state index in [1.807, 2.05) is 0 Å². The van der Waals surface area contributed by atoms with Crippen LogP contribution in [0.5, 0.6) is 0 Å². The molecule has 1 aromatic carbocycles. The second-order valence-corrected chi connectivity index (χ2v) is 4.03. The summed E-state index contributed by atoms with van der Waals surface area (Å²) in [6.45, 7) is 2.00. The Labute approximate surface area is 115 Å². The quantitative estimate of drug-likeness (QED) is 0.630. The van der Waals surface area contributed by atoms with Crippen molar-refractivity contribution in [2.45, 2.75) is 6.92 Å². The Morgan fingerprint density at radius 2 is 2.10 bits per heavy atom. The molecule has 4 N–H and O–H groups in total. The zero-order valence-electron chi connectivity index (χ0n) is 10.9. The van der Waals surface area contributed by atoms with E-state index in [0.29, 0.717) is 22.5 Å². The van der Waals surface area contributed by atoms with Crippen molar-refractivity contribution in [3.05, 3.63) is 41.7 Å². The maximum atomic E-state index is 11.6. The van der Waals surface area contributed by atoms with Gasteiger partial charge in [-0.1, -0.05) is 0 Å². The SMILES string of the molecule is CCOC(=O)c1cnn(-c2cc(C(N)=O)ccc2N)c1. The highest BCUT2D eigenvalue weighted by molar-refractivity contribution is 5.94. The van der Waals surface area contributed by atoms with E-state index in [4.69, 9.17) is 16.2 Å². The van der Waals surface area contributed by atoms with Crippen LogP contribution in [-0.2, 0) is 4.74 Å². The van der Waals surface area contributed by atoms with Gasteiger partial charge >= 0.3 is 5.97 Å². The van der Waals surface area contributed by atoms with Gasteiger partial charge in [0.25, 0.3) is 0 Å². The van der Waals surface area contributed by atoms with Crippen molar-refractivity contribution >= 4 is 17.6 Å². The van der Waals surface area contributed by atoms with Crippen LogP contribution >= 0.6 is 0 Å². The molecule has 0 unspecified atom stereocenters. The van der Waals surface area contributed by atoms with Crippen LogP contribution in [0.2, 0.25) is 0 Å². The van der Waals surface area contributed by atoms with Gasteiger partial charge < -0.3 is 16.2 Å². The number of nitrogens with zero attached hydrogens (tertiary/aromatic N) is 2. The molecule has 0 aliphatic heterocycles. The number of primary amides is 1. The summed E-state index contributed by atoms with van der Waals surface area (Å²) in [5.74, 6) is -1.03. The first-order valence-electron chi connectivity index (χ1n) is 5.94. The Kier molecular flexibility index (Phi) is 3.69. The number of hydrogen-bond donors (Lipinski definition) is 2. The molecule has 2 rings (SSSR count). The number of benzene rings is 1. The summed E-state index contributed by atoms with van der Waals surface area (Å²) < 4.78 is 6.27. The van der Waals surface area contributed by atoms with Gasteiger partial charge in [0.1, 0.15) is 0 Å². The number of carbonyl (C=O) groups is 2. The molecule has 0 fully saturated rings. The smallest absolute Gasteiger partial charge is 0.341 e. The summed E-state index contributed by atoms with van der Waals surface area (Å²) in [4.78, 5) is 22.7. The summed E-state index contributed by atoms with van der Waals surface area (Å²) in [5, 5.41) is 4.03. The van der Waals surface area contributed by atoms with Crippen LogP contribution in [0.4, 0.5) is 5.69 Å². The van der Waals surface area contributed by atoms with E-state index in [2.05, 4.69) is 5.10 Å². The fourth-order valence-electron chi connectivity index (χ4n) is 1.67. The average Bonchev–Trinajstić information content (AvgIpc) is 2.88. The van der Waals surface area contributed by atoms with Crippen molar-refractivity contribution in [2.24, 2.45) is 5.73 Å². The molecule has 7 nitrogen and oxygen atoms in total. The van der Waals surface area contributed by atoms with Crippen molar-refractivity contribution in [3.8, 4) is 5.69 Å². The van der Waals surface area contributed by atoms with E-state index >= 15 is 0 Å². The van der Waals surface area contributed by atoms with Crippen LogP contribution in [0.15, 0.2) is 30.6 Å². The number of esters is 1. The third kappa shape index (κ3) is 2.61. The zero-order chi connectivity index (χ0) is 14.7. The van der Waals surface area contributed by atoms with Gasteiger partial charge in [-0.05, 0) is 25.1 Å². The number of hydrogen-bond acceptors (Lipinski definition) is 5. The predicted octanol–water partition coefficient (Wildman–Crippen LogP) is 0.730. The van der Waals surface area contributed by atoms with Gasteiger partial charge in [0.15, 0.2) is 0 Å². The number of carbonyl (C=O) groups excluding carboxylic acids is 2. The molecule has 104 valence electrons. The van der Waals surface area contributed by atoms with Gasteiger partial charge in [-0.25, -0.2) is 9.48 Å². The lowest BCUT2D eigenvalue weighted by atomic mass is 10.1. The highest BCUT2D eigenvalue weighted by Crippen LogP contribution is 2.19. The van der Waals surface area contributed by atoms with Gasteiger partial charge in [0, 0.05) is 11.8 Å². The van der Waals surface area contributed by atoms with Crippen molar-refractivity contribution in [1.82, 2.24) is 9.78 Å². The standard InChI is InChI=1S/C13H14N4O3/c1-2-20-13(19)9-6-16-17(7-9)11-5-8(12(15)18)3-4-10(11)14/h3-7H,2,14H2,1H3,(H2,15,18). The number of anilines is 1. The third-order valence-electron chi connectivity index (χ3n) is 2.66. The Morgan fingerprint density at radius 3 is 2.75 bits per heavy atom. The monoisotopic (exact) mass is 274 g/mol. The van der Waals surface area contributed by atoms with E-state index in [-0.39, 0.29) is 6.61 Å². The van der Waals surface area contributed by atoms with Crippen LogP contribution in [0.1, 0.15) is 27.6 Å². The summed E-state index contributed by atoms with van der Waals surface area (Å²) >= 11 is 0. The lowest BCUT2D eigenvalue weighted by Gasteiger charge is -2.06. The topological polar surface area (TPSA) is 113 Å². The second kappa shape index (κ2) is 5.43. The van der Waals surface area contributed by atoms with Gasteiger partial charge in [-0.15, -0.1) is 0 Å². The largest absolute Gasteiger partial charge is 0.462 e. The minimum atomic E-state index is -0.566. The number of nitrogen functional groups attached to an aromatic ring is 1. The van der Waals surface area contributed by atoms with Crippen LogP contribution in [0, 0.1) is 0 Å². The van der Waals surface area contributed by atoms with Crippen molar-refractivity contribution in [3.63, 3.8) is 0 Å². The molecule has 0 radical (unpaired) electrons. The van der Waals surface area contributed by atoms with E-state index < -0.39 is 11.9 Å². The van der Waals surface area contributed by atoms with Crippen LogP contribution in [0.25, 0.3) is 5.69 Å². The molecule has 0 spiro atoms. The lowest BCUT2D eigenvalue weighted by Crippen LogP contribution is -2.12. The molecule has 2 aromatic rings. The molecule has 0 aliphatic rings. The van der Waals surface area contributed by atoms with Crippen LogP contribution in [0.3, 0.4) is 0 Å². The van der Waals surface area contributed by atoms with Crippen LogP contribution in [-0.4, -0.2) is 28.3 Å². The molecule has 0 saturated heterocycles. The summed E-state index contributed by atoms with van der Waals surface area (Å²) in [6, 6.07) is 4.59. The fraction of sp³-hybridized carbons (Fsp3) is 0.154. The van der Waals surface area contributed by atoms with Gasteiger partial charge in [0.2, 0.25) is 5.91 Å². The minimum absolute atomic E-state index is 0.281. The Hall–Kier alpha value is -2.83. The van der Waals surface area contributed by atoms with E-state index in [1.165, 1.54) is 29.2 Å². The lowest BCUT2D eigenvalue weighted by molar-refractivity contribution is 0.0526. The normalized spacial score (nSPS) is 10.2. The van der Waals surface area contributed by atoms with Crippen molar-refractivity contribution in [1.29, 1.82) is 0 Å². The molecule has 0 aliphatic carbocycles. The molecular weight excluding hydrogens is 260 g/mol. The van der Waals surface area contributed by atoms with Gasteiger partial charge in [-0.2, -0.15) is 5.10 Å². The molecule has 7 heteroatoms.